The minimum atomic E-state index is -0.375. The van der Waals surface area contributed by atoms with E-state index in [1.165, 1.54) is 0 Å². The van der Waals surface area contributed by atoms with Crippen molar-refractivity contribution in [3.05, 3.63) is 10.4 Å². The maximum Gasteiger partial charge on any atom is 0.137 e. The highest BCUT2D eigenvalue weighted by molar-refractivity contribution is 4.71. The van der Waals surface area contributed by atoms with Crippen molar-refractivity contribution in [1.82, 2.24) is 0 Å². The zero-order chi connectivity index (χ0) is 11.4. The Kier molecular flexibility index (Phi) is 4.43. The van der Waals surface area contributed by atoms with Gasteiger partial charge in [0.05, 0.1) is 5.60 Å². The maximum atomic E-state index is 8.41. The summed E-state index contributed by atoms with van der Waals surface area (Å²) in [6, 6.07) is 0. The number of hydrogen-bond acceptors (Lipinski definition) is 2. The van der Waals surface area contributed by atoms with E-state index in [-0.39, 0.29) is 17.2 Å². The summed E-state index contributed by atoms with van der Waals surface area (Å²) in [5.74, 6) is 0. The second kappa shape index (κ2) is 4.67. The fraction of sp³-hybridized carbons (Fsp3) is 1.00. The number of ether oxygens (including phenoxy) is 1. The lowest BCUT2D eigenvalue weighted by Gasteiger charge is -2.29. The molecular weight excluding hydrogens is 178 g/mol. The van der Waals surface area contributed by atoms with Gasteiger partial charge in [0.1, 0.15) is 6.23 Å². The average Bonchev–Trinajstić information content (AvgIpc) is 1.78. The molecule has 0 fully saturated rings. The third-order valence-electron chi connectivity index (χ3n) is 1.46. The third kappa shape index (κ3) is 7.90. The Hall–Kier alpha value is -0.730. The number of azide groups is 1. The molecule has 0 N–H and O–H groups in total. The molecule has 0 radical (unpaired) electrons. The van der Waals surface area contributed by atoms with Gasteiger partial charge in [-0.15, -0.1) is 0 Å². The van der Waals surface area contributed by atoms with Crippen molar-refractivity contribution in [3.63, 3.8) is 0 Å². The van der Waals surface area contributed by atoms with Gasteiger partial charge < -0.3 is 4.74 Å². The SMILES string of the molecule is CC(C)(C)CC(N=[N+]=[N-])OC(C)(C)C. The highest BCUT2D eigenvalue weighted by Gasteiger charge is 2.23. The molecule has 14 heavy (non-hydrogen) atoms. The standard InChI is InChI=1S/C10H21N3O/c1-9(2,3)7-8(12-13-11)14-10(4,5)6/h8H,7H2,1-6H3. The predicted octanol–water partition coefficient (Wildman–Crippen LogP) is 3.87. The van der Waals surface area contributed by atoms with Crippen LogP contribution in [0, 0.1) is 5.41 Å². The lowest BCUT2D eigenvalue weighted by atomic mass is 9.91. The van der Waals surface area contributed by atoms with Crippen molar-refractivity contribution in [1.29, 1.82) is 0 Å². The molecule has 0 saturated carbocycles. The Labute approximate surface area is 86.3 Å². The molecule has 0 aromatic rings. The third-order valence-corrected chi connectivity index (χ3v) is 1.46. The summed E-state index contributed by atoms with van der Waals surface area (Å²) in [4.78, 5) is 2.80. The van der Waals surface area contributed by atoms with Crippen LogP contribution < -0.4 is 0 Å². The lowest BCUT2D eigenvalue weighted by Crippen LogP contribution is -2.28. The largest absolute Gasteiger partial charge is 0.367 e. The van der Waals surface area contributed by atoms with Crippen molar-refractivity contribution in [3.8, 4) is 0 Å². The van der Waals surface area contributed by atoms with Crippen molar-refractivity contribution in [2.45, 2.75) is 59.8 Å². The van der Waals surface area contributed by atoms with Gasteiger partial charge in [-0.25, -0.2) is 0 Å². The number of hydrogen-bond donors (Lipinski definition) is 0. The predicted molar refractivity (Wildman–Crippen MR) is 57.8 cm³/mol. The van der Waals surface area contributed by atoms with E-state index in [1.54, 1.807) is 0 Å². The molecule has 0 amide bonds. The van der Waals surface area contributed by atoms with Crippen LogP contribution in [0.4, 0.5) is 0 Å². The summed E-state index contributed by atoms with van der Waals surface area (Å²) in [5.41, 5.74) is 8.24. The van der Waals surface area contributed by atoms with Crippen molar-refractivity contribution < 1.29 is 4.74 Å². The van der Waals surface area contributed by atoms with Crippen LogP contribution in [0.3, 0.4) is 0 Å². The maximum absolute atomic E-state index is 8.41. The van der Waals surface area contributed by atoms with Gasteiger partial charge in [-0.1, -0.05) is 25.9 Å². The molecule has 0 aliphatic carbocycles. The fourth-order valence-corrected chi connectivity index (χ4v) is 1.10. The number of nitrogens with zero attached hydrogens (tertiary/aromatic N) is 3. The Bertz CT molecular complexity index is 203. The van der Waals surface area contributed by atoms with Crippen LogP contribution in [0.2, 0.25) is 0 Å². The van der Waals surface area contributed by atoms with Crippen LogP contribution in [-0.2, 0) is 4.74 Å². The monoisotopic (exact) mass is 199 g/mol. The topological polar surface area (TPSA) is 58.0 Å². The molecule has 0 heterocycles. The van der Waals surface area contributed by atoms with Crippen molar-refractivity contribution in [2.24, 2.45) is 10.5 Å². The van der Waals surface area contributed by atoms with Gasteiger partial charge in [-0.05, 0) is 38.1 Å². The molecule has 0 aliphatic rings. The average molecular weight is 199 g/mol. The normalized spacial score (nSPS) is 14.7. The summed E-state index contributed by atoms with van der Waals surface area (Å²) >= 11 is 0. The molecule has 82 valence electrons. The highest BCUT2D eigenvalue weighted by atomic mass is 16.5. The van der Waals surface area contributed by atoms with E-state index >= 15 is 0 Å². The number of rotatable bonds is 3. The Morgan fingerprint density at radius 2 is 1.71 bits per heavy atom. The molecule has 0 aliphatic heterocycles. The van der Waals surface area contributed by atoms with E-state index in [4.69, 9.17) is 10.3 Å². The summed E-state index contributed by atoms with van der Waals surface area (Å²) in [6.07, 6.45) is 0.355. The Balaban J connectivity index is 4.39. The first-order chi connectivity index (χ1) is 6.14. The lowest BCUT2D eigenvalue weighted by molar-refractivity contribution is -0.0704. The summed E-state index contributed by atoms with van der Waals surface area (Å²) in [7, 11) is 0. The van der Waals surface area contributed by atoms with Gasteiger partial charge in [-0.3, -0.25) is 0 Å². The molecule has 0 saturated heterocycles. The molecule has 0 aromatic carbocycles. The van der Waals surface area contributed by atoms with Gasteiger partial charge in [0.2, 0.25) is 0 Å². The molecular formula is C10H21N3O. The zero-order valence-corrected chi connectivity index (χ0v) is 10.0. The van der Waals surface area contributed by atoms with Crippen molar-refractivity contribution in [2.75, 3.05) is 0 Å². The van der Waals surface area contributed by atoms with Gasteiger partial charge >= 0.3 is 0 Å². The van der Waals surface area contributed by atoms with Crippen LogP contribution >= 0.6 is 0 Å². The molecule has 4 heteroatoms. The summed E-state index contributed by atoms with van der Waals surface area (Å²) in [5, 5.41) is 3.65. The van der Waals surface area contributed by atoms with Gasteiger partial charge in [0, 0.05) is 4.91 Å². The van der Waals surface area contributed by atoms with Crippen molar-refractivity contribution >= 4 is 0 Å². The first kappa shape index (κ1) is 13.3. The molecule has 4 nitrogen and oxygen atoms in total. The minimum Gasteiger partial charge on any atom is -0.367 e. The van der Waals surface area contributed by atoms with Crippen LogP contribution in [0.5, 0.6) is 0 Å². The molecule has 0 aromatic heterocycles. The Morgan fingerprint density at radius 1 is 1.21 bits per heavy atom. The highest BCUT2D eigenvalue weighted by Crippen LogP contribution is 2.25. The minimum absolute atomic E-state index is 0.101. The zero-order valence-electron chi connectivity index (χ0n) is 10.0. The van der Waals surface area contributed by atoms with Gasteiger partial charge in [-0.2, -0.15) is 0 Å². The molecule has 1 unspecified atom stereocenters. The molecule has 0 rings (SSSR count). The molecule has 0 spiro atoms. The van der Waals surface area contributed by atoms with E-state index in [2.05, 4.69) is 30.8 Å². The van der Waals surface area contributed by atoms with E-state index < -0.39 is 0 Å². The smallest absolute Gasteiger partial charge is 0.137 e. The van der Waals surface area contributed by atoms with E-state index in [0.29, 0.717) is 0 Å². The van der Waals surface area contributed by atoms with Crippen LogP contribution in [0.15, 0.2) is 5.11 Å². The van der Waals surface area contributed by atoms with E-state index in [1.807, 2.05) is 20.8 Å². The fourth-order valence-electron chi connectivity index (χ4n) is 1.10. The summed E-state index contributed by atoms with van der Waals surface area (Å²) < 4.78 is 5.63. The first-order valence-corrected chi connectivity index (χ1v) is 4.86. The molecule has 1 atom stereocenters. The van der Waals surface area contributed by atoms with Gasteiger partial charge in [0.15, 0.2) is 0 Å². The summed E-state index contributed by atoms with van der Waals surface area (Å²) in [6.45, 7) is 12.2. The molecule has 0 bridgehead atoms. The first-order valence-electron chi connectivity index (χ1n) is 4.86. The second-order valence-corrected chi connectivity index (χ2v) is 5.65. The van der Waals surface area contributed by atoms with Crippen LogP contribution in [-0.4, -0.2) is 11.8 Å². The van der Waals surface area contributed by atoms with Crippen LogP contribution in [0.25, 0.3) is 10.4 Å². The Morgan fingerprint density at radius 3 is 2.00 bits per heavy atom. The van der Waals surface area contributed by atoms with E-state index in [9.17, 15) is 0 Å². The quantitative estimate of drug-likeness (QED) is 0.386. The van der Waals surface area contributed by atoms with E-state index in [0.717, 1.165) is 6.42 Å². The van der Waals surface area contributed by atoms with Crippen LogP contribution in [0.1, 0.15) is 48.0 Å². The second-order valence-electron chi connectivity index (χ2n) is 5.65. The van der Waals surface area contributed by atoms with Gasteiger partial charge in [0.25, 0.3) is 0 Å².